The van der Waals surface area contributed by atoms with Crippen molar-refractivity contribution < 1.29 is 14.7 Å². The molecule has 21 heavy (non-hydrogen) atoms. The summed E-state index contributed by atoms with van der Waals surface area (Å²) in [4.78, 5) is 23.0. The van der Waals surface area contributed by atoms with Crippen LogP contribution in [0.15, 0.2) is 53.6 Å². The van der Waals surface area contributed by atoms with E-state index in [9.17, 15) is 9.59 Å². The lowest BCUT2D eigenvalue weighted by Gasteiger charge is -2.03. The maximum atomic E-state index is 11.9. The summed E-state index contributed by atoms with van der Waals surface area (Å²) in [7, 11) is 0. The highest BCUT2D eigenvalue weighted by Crippen LogP contribution is 2.08. The van der Waals surface area contributed by atoms with Crippen LogP contribution in [0, 0.1) is 6.92 Å². The topological polar surface area (TPSA) is 78.8 Å². The van der Waals surface area contributed by atoms with Gasteiger partial charge < -0.3 is 5.11 Å². The van der Waals surface area contributed by atoms with Crippen LogP contribution < -0.4 is 5.43 Å². The standard InChI is InChI=1S/C16H14N2O3/c1-11-5-4-6-12(9-11)10-17-18-15(19)13-7-2-3-8-14(13)16(20)21/h2-10H,1H3,(H,18,19)(H,20,21)/b17-10-. The Bertz CT molecular complexity index is 708. The van der Waals surface area contributed by atoms with Gasteiger partial charge in [-0.15, -0.1) is 0 Å². The number of amides is 1. The molecule has 106 valence electrons. The Morgan fingerprint density at radius 2 is 1.81 bits per heavy atom. The molecule has 0 saturated carbocycles. The molecular weight excluding hydrogens is 268 g/mol. The third kappa shape index (κ3) is 3.76. The van der Waals surface area contributed by atoms with Gasteiger partial charge in [0.1, 0.15) is 0 Å². The molecule has 2 aromatic carbocycles. The molecule has 0 fully saturated rings. The fourth-order valence-corrected chi connectivity index (χ4v) is 1.84. The quantitative estimate of drug-likeness (QED) is 0.668. The molecule has 0 aliphatic carbocycles. The van der Waals surface area contributed by atoms with Gasteiger partial charge in [-0.1, -0.05) is 42.0 Å². The predicted octanol–water partition coefficient (Wildman–Crippen LogP) is 2.46. The van der Waals surface area contributed by atoms with Crippen LogP contribution >= 0.6 is 0 Å². The van der Waals surface area contributed by atoms with Gasteiger partial charge in [0, 0.05) is 0 Å². The van der Waals surface area contributed by atoms with Crippen molar-refractivity contribution in [3.05, 3.63) is 70.8 Å². The van der Waals surface area contributed by atoms with Crippen molar-refractivity contribution in [2.75, 3.05) is 0 Å². The average molecular weight is 282 g/mol. The van der Waals surface area contributed by atoms with Crippen molar-refractivity contribution in [1.82, 2.24) is 5.43 Å². The highest BCUT2D eigenvalue weighted by atomic mass is 16.4. The second kappa shape index (κ2) is 6.47. The zero-order valence-corrected chi connectivity index (χ0v) is 11.4. The smallest absolute Gasteiger partial charge is 0.336 e. The molecule has 0 aromatic heterocycles. The monoisotopic (exact) mass is 282 g/mol. The van der Waals surface area contributed by atoms with Gasteiger partial charge in [0.05, 0.1) is 17.3 Å². The van der Waals surface area contributed by atoms with Crippen molar-refractivity contribution >= 4 is 18.1 Å². The molecule has 0 unspecified atom stereocenters. The Hall–Kier alpha value is -2.95. The number of nitrogens with one attached hydrogen (secondary N) is 1. The summed E-state index contributed by atoms with van der Waals surface area (Å²) >= 11 is 0. The van der Waals surface area contributed by atoms with Crippen molar-refractivity contribution in [2.45, 2.75) is 6.92 Å². The molecular formula is C16H14N2O3. The molecule has 0 bridgehead atoms. The summed E-state index contributed by atoms with van der Waals surface area (Å²) in [5.41, 5.74) is 4.28. The number of aryl methyl sites for hydroxylation is 1. The summed E-state index contributed by atoms with van der Waals surface area (Å²) in [5, 5.41) is 12.9. The lowest BCUT2D eigenvalue weighted by atomic mass is 10.1. The van der Waals surface area contributed by atoms with Crippen molar-refractivity contribution in [3.8, 4) is 0 Å². The third-order valence-corrected chi connectivity index (χ3v) is 2.82. The molecule has 0 radical (unpaired) electrons. The zero-order chi connectivity index (χ0) is 15.2. The van der Waals surface area contributed by atoms with Crippen LogP contribution in [0.3, 0.4) is 0 Å². The number of carboxylic acids is 1. The van der Waals surface area contributed by atoms with E-state index in [-0.39, 0.29) is 11.1 Å². The van der Waals surface area contributed by atoms with Gasteiger partial charge in [-0.05, 0) is 24.6 Å². The number of benzene rings is 2. The second-order valence-corrected chi connectivity index (χ2v) is 4.46. The molecule has 5 nitrogen and oxygen atoms in total. The first kappa shape index (κ1) is 14.5. The molecule has 0 aliphatic heterocycles. The minimum atomic E-state index is -1.15. The van der Waals surface area contributed by atoms with E-state index in [2.05, 4.69) is 10.5 Å². The van der Waals surface area contributed by atoms with E-state index in [0.29, 0.717) is 0 Å². The number of hydrazone groups is 1. The molecule has 0 aliphatic rings. The third-order valence-electron chi connectivity index (χ3n) is 2.82. The normalized spacial score (nSPS) is 10.5. The summed E-state index contributed by atoms with van der Waals surface area (Å²) in [6.45, 7) is 1.96. The number of hydrogen-bond donors (Lipinski definition) is 2. The number of carbonyl (C=O) groups excluding carboxylic acids is 1. The van der Waals surface area contributed by atoms with Gasteiger partial charge >= 0.3 is 5.97 Å². The fraction of sp³-hybridized carbons (Fsp3) is 0.0625. The van der Waals surface area contributed by atoms with E-state index < -0.39 is 11.9 Å². The highest BCUT2D eigenvalue weighted by molar-refractivity contribution is 6.04. The largest absolute Gasteiger partial charge is 0.478 e. The predicted molar refractivity (Wildman–Crippen MR) is 79.6 cm³/mol. The van der Waals surface area contributed by atoms with E-state index in [1.807, 2.05) is 31.2 Å². The summed E-state index contributed by atoms with van der Waals surface area (Å²) in [5.74, 6) is -1.71. The number of hydrogen-bond acceptors (Lipinski definition) is 3. The van der Waals surface area contributed by atoms with E-state index >= 15 is 0 Å². The van der Waals surface area contributed by atoms with Gasteiger partial charge in [-0.25, -0.2) is 10.2 Å². The van der Waals surface area contributed by atoms with Gasteiger partial charge in [-0.2, -0.15) is 5.10 Å². The summed E-state index contributed by atoms with van der Waals surface area (Å²) < 4.78 is 0. The molecule has 2 N–H and O–H groups in total. The fourth-order valence-electron chi connectivity index (χ4n) is 1.84. The maximum absolute atomic E-state index is 11.9. The SMILES string of the molecule is Cc1cccc(/C=N\NC(=O)c2ccccc2C(=O)O)c1. The zero-order valence-electron chi connectivity index (χ0n) is 11.4. The lowest BCUT2D eigenvalue weighted by molar-refractivity contribution is 0.0691. The first-order chi connectivity index (χ1) is 10.1. The minimum Gasteiger partial charge on any atom is -0.478 e. The van der Waals surface area contributed by atoms with Gasteiger partial charge in [0.25, 0.3) is 5.91 Å². The van der Waals surface area contributed by atoms with Crippen molar-refractivity contribution in [1.29, 1.82) is 0 Å². The van der Waals surface area contributed by atoms with Crippen LogP contribution in [0.5, 0.6) is 0 Å². The van der Waals surface area contributed by atoms with E-state index in [1.165, 1.54) is 18.3 Å². The van der Waals surface area contributed by atoms with Crippen LogP contribution in [0.2, 0.25) is 0 Å². The van der Waals surface area contributed by atoms with Crippen LogP contribution in [0.4, 0.5) is 0 Å². The minimum absolute atomic E-state index is 0.0549. The van der Waals surface area contributed by atoms with Crippen LogP contribution in [-0.2, 0) is 0 Å². The molecule has 0 atom stereocenters. The lowest BCUT2D eigenvalue weighted by Crippen LogP contribution is -2.20. The first-order valence-corrected chi connectivity index (χ1v) is 6.30. The number of nitrogens with zero attached hydrogens (tertiary/aromatic N) is 1. The molecule has 2 aromatic rings. The van der Waals surface area contributed by atoms with Crippen molar-refractivity contribution in [3.63, 3.8) is 0 Å². The Labute approximate surface area is 121 Å². The molecule has 5 heteroatoms. The van der Waals surface area contributed by atoms with Gasteiger partial charge in [0.15, 0.2) is 0 Å². The van der Waals surface area contributed by atoms with E-state index in [4.69, 9.17) is 5.11 Å². The van der Waals surface area contributed by atoms with E-state index in [1.54, 1.807) is 12.1 Å². The molecule has 0 spiro atoms. The highest BCUT2D eigenvalue weighted by Gasteiger charge is 2.14. The summed E-state index contributed by atoms with van der Waals surface area (Å²) in [6, 6.07) is 13.6. The average Bonchev–Trinajstić information content (AvgIpc) is 2.47. The van der Waals surface area contributed by atoms with Crippen LogP contribution in [0.25, 0.3) is 0 Å². The summed E-state index contributed by atoms with van der Waals surface area (Å²) in [6.07, 6.45) is 1.51. The number of aromatic carboxylic acids is 1. The Balaban J connectivity index is 2.11. The molecule has 0 saturated heterocycles. The second-order valence-electron chi connectivity index (χ2n) is 4.46. The Morgan fingerprint density at radius 3 is 2.48 bits per heavy atom. The Kier molecular flexibility index (Phi) is 4.46. The first-order valence-electron chi connectivity index (χ1n) is 6.30. The number of rotatable bonds is 4. The molecule has 1 amide bonds. The number of carbonyl (C=O) groups is 2. The molecule has 0 heterocycles. The van der Waals surface area contributed by atoms with Gasteiger partial charge in [0.2, 0.25) is 0 Å². The van der Waals surface area contributed by atoms with Gasteiger partial charge in [-0.3, -0.25) is 4.79 Å². The van der Waals surface area contributed by atoms with Crippen LogP contribution in [0.1, 0.15) is 31.8 Å². The van der Waals surface area contributed by atoms with Crippen molar-refractivity contribution in [2.24, 2.45) is 5.10 Å². The maximum Gasteiger partial charge on any atom is 0.336 e. The number of carboxylic acid groups (broad SMARTS) is 1. The Morgan fingerprint density at radius 1 is 1.10 bits per heavy atom. The van der Waals surface area contributed by atoms with E-state index in [0.717, 1.165) is 11.1 Å². The van der Waals surface area contributed by atoms with Crippen LogP contribution in [-0.4, -0.2) is 23.2 Å². The molecule has 2 rings (SSSR count).